The molecule has 0 bridgehead atoms. The first-order valence-corrected chi connectivity index (χ1v) is 8.89. The van der Waals surface area contributed by atoms with E-state index in [1.54, 1.807) is 0 Å². The van der Waals surface area contributed by atoms with E-state index < -0.39 is 0 Å². The summed E-state index contributed by atoms with van der Waals surface area (Å²) in [7, 11) is 0. The van der Waals surface area contributed by atoms with E-state index in [0.29, 0.717) is 18.0 Å². The Kier molecular flexibility index (Phi) is 4.50. The molecule has 0 saturated carbocycles. The normalized spacial score (nSPS) is 15.1. The van der Waals surface area contributed by atoms with Crippen molar-refractivity contribution in [2.45, 2.75) is 26.4 Å². The number of carbonyl (C=O) groups excluding carboxylic acids is 1. The van der Waals surface area contributed by atoms with Gasteiger partial charge in [0, 0.05) is 18.1 Å². The average Bonchev–Trinajstić information content (AvgIpc) is 3.29. The second-order valence-corrected chi connectivity index (χ2v) is 6.33. The molecule has 7 nitrogen and oxygen atoms in total. The van der Waals surface area contributed by atoms with Gasteiger partial charge in [0.05, 0.1) is 24.2 Å². The third kappa shape index (κ3) is 3.48. The number of para-hydroxylation sites is 1. The van der Waals surface area contributed by atoms with Crippen LogP contribution in [0.25, 0.3) is 5.69 Å². The number of carbonyl (C=O) groups is 1. The molecule has 0 aliphatic carbocycles. The average molecular weight is 364 g/mol. The number of amides is 1. The lowest BCUT2D eigenvalue weighted by Gasteiger charge is -2.13. The maximum atomic E-state index is 12.7. The van der Waals surface area contributed by atoms with Gasteiger partial charge in [0.2, 0.25) is 0 Å². The Balaban J connectivity index is 1.58. The summed E-state index contributed by atoms with van der Waals surface area (Å²) in [6, 6.07) is 13.2. The van der Waals surface area contributed by atoms with Crippen LogP contribution >= 0.6 is 0 Å². The van der Waals surface area contributed by atoms with Crippen LogP contribution in [-0.2, 0) is 6.42 Å². The highest BCUT2D eigenvalue weighted by Crippen LogP contribution is 2.38. The smallest absolute Gasteiger partial charge is 0.277 e. The first kappa shape index (κ1) is 17.1. The van der Waals surface area contributed by atoms with E-state index in [9.17, 15) is 4.79 Å². The summed E-state index contributed by atoms with van der Waals surface area (Å²) in [5, 5.41) is 11.3. The first-order chi connectivity index (χ1) is 13.1. The van der Waals surface area contributed by atoms with Gasteiger partial charge in [-0.25, -0.2) is 0 Å². The zero-order chi connectivity index (χ0) is 18.8. The maximum Gasteiger partial charge on any atom is 0.277 e. The molecule has 1 atom stereocenters. The van der Waals surface area contributed by atoms with Crippen LogP contribution in [0.5, 0.6) is 11.5 Å². The van der Waals surface area contributed by atoms with Crippen molar-refractivity contribution in [1.82, 2.24) is 15.0 Å². The lowest BCUT2D eigenvalue weighted by atomic mass is 10.1. The van der Waals surface area contributed by atoms with Gasteiger partial charge in [-0.05, 0) is 32.0 Å². The van der Waals surface area contributed by atoms with Gasteiger partial charge in [-0.2, -0.15) is 9.90 Å². The van der Waals surface area contributed by atoms with Gasteiger partial charge in [-0.15, -0.1) is 5.10 Å². The summed E-state index contributed by atoms with van der Waals surface area (Å²) in [6.07, 6.45) is 2.38. The molecule has 3 aromatic rings. The maximum absolute atomic E-state index is 12.7. The Morgan fingerprint density at radius 2 is 2.15 bits per heavy atom. The van der Waals surface area contributed by atoms with E-state index in [1.807, 2.05) is 56.3 Å². The molecule has 1 aromatic heterocycles. The molecule has 0 unspecified atom stereocenters. The Morgan fingerprint density at radius 3 is 2.93 bits per heavy atom. The minimum absolute atomic E-state index is 0.117. The van der Waals surface area contributed by atoms with E-state index in [-0.39, 0.29) is 17.7 Å². The van der Waals surface area contributed by atoms with Crippen LogP contribution in [0.4, 0.5) is 5.69 Å². The molecule has 1 amide bonds. The van der Waals surface area contributed by atoms with Gasteiger partial charge in [0.25, 0.3) is 5.91 Å². The molecule has 27 heavy (non-hydrogen) atoms. The SMILES string of the molecule is CCOc1cc2c(cc1NC(=O)c1cnn(-c3ccccc3)n1)O[C@@H](C)C2. The molecule has 0 spiro atoms. The van der Waals surface area contributed by atoms with Crippen molar-refractivity contribution in [1.29, 1.82) is 0 Å². The van der Waals surface area contributed by atoms with Crippen molar-refractivity contribution in [3.63, 3.8) is 0 Å². The summed E-state index contributed by atoms with van der Waals surface area (Å²) in [6.45, 7) is 4.42. The number of ether oxygens (including phenoxy) is 2. The second-order valence-electron chi connectivity index (χ2n) is 6.33. The van der Waals surface area contributed by atoms with Crippen molar-refractivity contribution in [2.24, 2.45) is 0 Å². The van der Waals surface area contributed by atoms with Crippen LogP contribution in [-0.4, -0.2) is 33.6 Å². The molecule has 2 aromatic carbocycles. The Labute approximate surface area is 156 Å². The van der Waals surface area contributed by atoms with Crippen LogP contribution in [0.15, 0.2) is 48.7 Å². The van der Waals surface area contributed by atoms with Gasteiger partial charge in [-0.3, -0.25) is 4.79 Å². The highest BCUT2D eigenvalue weighted by atomic mass is 16.5. The molecular formula is C20H20N4O3. The third-order valence-corrected chi connectivity index (χ3v) is 4.26. The number of nitrogens with one attached hydrogen (secondary N) is 1. The molecular weight excluding hydrogens is 344 g/mol. The molecule has 1 aliphatic rings. The minimum Gasteiger partial charge on any atom is -0.492 e. The number of benzene rings is 2. The molecule has 4 rings (SSSR count). The number of rotatable bonds is 5. The Morgan fingerprint density at radius 1 is 1.33 bits per heavy atom. The highest BCUT2D eigenvalue weighted by molar-refractivity contribution is 6.03. The second kappa shape index (κ2) is 7.11. The number of hydrogen-bond acceptors (Lipinski definition) is 5. The van der Waals surface area contributed by atoms with Crippen LogP contribution in [0.3, 0.4) is 0 Å². The van der Waals surface area contributed by atoms with E-state index in [1.165, 1.54) is 11.0 Å². The lowest BCUT2D eigenvalue weighted by Crippen LogP contribution is -2.14. The predicted molar refractivity (Wildman–Crippen MR) is 101 cm³/mol. The van der Waals surface area contributed by atoms with Gasteiger partial charge in [-0.1, -0.05) is 18.2 Å². The van der Waals surface area contributed by atoms with Crippen LogP contribution in [0.1, 0.15) is 29.9 Å². The topological polar surface area (TPSA) is 78.3 Å². The number of anilines is 1. The minimum atomic E-state index is -0.357. The molecule has 0 fully saturated rings. The van der Waals surface area contributed by atoms with Crippen molar-refractivity contribution in [3.8, 4) is 17.2 Å². The van der Waals surface area contributed by atoms with Crippen LogP contribution < -0.4 is 14.8 Å². The predicted octanol–water partition coefficient (Wildman–Crippen LogP) is 3.24. The quantitative estimate of drug-likeness (QED) is 0.752. The van der Waals surface area contributed by atoms with E-state index >= 15 is 0 Å². The molecule has 0 saturated heterocycles. The fourth-order valence-electron chi connectivity index (χ4n) is 3.05. The van der Waals surface area contributed by atoms with Crippen molar-refractivity contribution < 1.29 is 14.3 Å². The fraction of sp³-hybridized carbons (Fsp3) is 0.250. The van der Waals surface area contributed by atoms with Gasteiger partial charge < -0.3 is 14.8 Å². The summed E-state index contributed by atoms with van der Waals surface area (Å²) < 4.78 is 11.5. The van der Waals surface area contributed by atoms with E-state index in [0.717, 1.165) is 23.4 Å². The van der Waals surface area contributed by atoms with Crippen molar-refractivity contribution >= 4 is 11.6 Å². The monoisotopic (exact) mass is 364 g/mol. The number of aromatic nitrogens is 3. The van der Waals surface area contributed by atoms with Crippen LogP contribution in [0, 0.1) is 0 Å². The number of nitrogens with zero attached hydrogens (tertiary/aromatic N) is 3. The zero-order valence-electron chi connectivity index (χ0n) is 15.2. The summed E-state index contributed by atoms with van der Waals surface area (Å²) in [4.78, 5) is 14.1. The lowest BCUT2D eigenvalue weighted by molar-refractivity contribution is 0.102. The van der Waals surface area contributed by atoms with E-state index in [4.69, 9.17) is 9.47 Å². The zero-order valence-corrected chi connectivity index (χ0v) is 15.2. The van der Waals surface area contributed by atoms with Gasteiger partial charge in [0.1, 0.15) is 17.6 Å². The Bertz CT molecular complexity index is 969. The van der Waals surface area contributed by atoms with Crippen molar-refractivity contribution in [2.75, 3.05) is 11.9 Å². The largest absolute Gasteiger partial charge is 0.492 e. The van der Waals surface area contributed by atoms with Gasteiger partial charge >= 0.3 is 0 Å². The molecule has 2 heterocycles. The van der Waals surface area contributed by atoms with Gasteiger partial charge in [0.15, 0.2) is 5.69 Å². The standard InChI is InChI=1S/C20H20N4O3/c1-3-26-19-10-14-9-13(2)27-18(14)11-16(19)22-20(25)17-12-21-24(23-17)15-7-5-4-6-8-15/h4-8,10-13H,3,9H2,1-2H3,(H,22,25)/t13-/m0/s1. The van der Waals surface area contributed by atoms with E-state index in [2.05, 4.69) is 15.5 Å². The summed E-state index contributed by atoms with van der Waals surface area (Å²) in [5.74, 6) is 1.04. The number of fused-ring (bicyclic) bond motifs is 1. The summed E-state index contributed by atoms with van der Waals surface area (Å²) in [5.41, 5.74) is 2.64. The molecule has 1 aliphatic heterocycles. The number of hydrogen-bond donors (Lipinski definition) is 1. The Hall–Kier alpha value is -3.35. The summed E-state index contributed by atoms with van der Waals surface area (Å²) >= 11 is 0. The van der Waals surface area contributed by atoms with Crippen molar-refractivity contribution in [3.05, 3.63) is 59.9 Å². The highest BCUT2D eigenvalue weighted by Gasteiger charge is 2.23. The first-order valence-electron chi connectivity index (χ1n) is 8.89. The molecule has 1 N–H and O–H groups in total. The molecule has 0 radical (unpaired) electrons. The third-order valence-electron chi connectivity index (χ3n) is 4.26. The molecule has 7 heteroatoms. The fourth-order valence-corrected chi connectivity index (χ4v) is 3.05. The molecule has 138 valence electrons. The van der Waals surface area contributed by atoms with Crippen LogP contribution in [0.2, 0.25) is 0 Å².